The lowest BCUT2D eigenvalue weighted by Crippen LogP contribution is -2.37. The summed E-state index contributed by atoms with van der Waals surface area (Å²) in [6.07, 6.45) is 3.76. The van der Waals surface area contributed by atoms with Gasteiger partial charge in [-0.1, -0.05) is 36.4 Å². The molecule has 2 aliphatic rings. The Bertz CT molecular complexity index is 696. The third-order valence-electron chi connectivity index (χ3n) is 5.46. The third-order valence-corrected chi connectivity index (χ3v) is 5.46. The first-order valence-corrected chi connectivity index (χ1v) is 8.88. The van der Waals surface area contributed by atoms with Crippen molar-refractivity contribution >= 4 is 0 Å². The van der Waals surface area contributed by atoms with Gasteiger partial charge in [0.15, 0.2) is 11.5 Å². The fourth-order valence-electron chi connectivity index (χ4n) is 3.69. The van der Waals surface area contributed by atoms with E-state index in [1.54, 1.807) is 0 Å². The van der Waals surface area contributed by atoms with Crippen molar-refractivity contribution in [3.05, 3.63) is 59.7 Å². The molecule has 2 aromatic carbocycles. The predicted octanol–water partition coefficient (Wildman–Crippen LogP) is 4.43. The van der Waals surface area contributed by atoms with Gasteiger partial charge >= 0.3 is 0 Å². The van der Waals surface area contributed by atoms with Crippen LogP contribution in [0.3, 0.4) is 0 Å². The van der Waals surface area contributed by atoms with Crippen LogP contribution in [0, 0.1) is 5.92 Å². The Kier molecular flexibility index (Phi) is 4.19. The van der Waals surface area contributed by atoms with E-state index in [1.807, 2.05) is 6.07 Å². The smallest absolute Gasteiger partial charge is 0.231 e. The predicted molar refractivity (Wildman–Crippen MR) is 95.4 cm³/mol. The van der Waals surface area contributed by atoms with Crippen LogP contribution in [0.15, 0.2) is 48.5 Å². The van der Waals surface area contributed by atoms with Crippen LogP contribution >= 0.6 is 0 Å². The molecule has 0 bridgehead atoms. The molecule has 2 atom stereocenters. The van der Waals surface area contributed by atoms with Crippen molar-refractivity contribution in [1.82, 2.24) is 4.90 Å². The Balaban J connectivity index is 1.52. The summed E-state index contributed by atoms with van der Waals surface area (Å²) in [5.41, 5.74) is 2.72. The van der Waals surface area contributed by atoms with E-state index in [1.165, 1.54) is 24.0 Å². The molecule has 0 saturated heterocycles. The second-order valence-electron chi connectivity index (χ2n) is 7.05. The minimum Gasteiger partial charge on any atom is -0.454 e. The highest BCUT2D eigenvalue weighted by atomic mass is 16.7. The molecule has 0 spiro atoms. The van der Waals surface area contributed by atoms with E-state index in [4.69, 9.17) is 9.47 Å². The molecule has 3 heteroatoms. The molecule has 2 aromatic rings. The van der Waals surface area contributed by atoms with Gasteiger partial charge < -0.3 is 9.47 Å². The lowest BCUT2D eigenvalue weighted by molar-refractivity contribution is 0.164. The zero-order valence-corrected chi connectivity index (χ0v) is 14.4. The van der Waals surface area contributed by atoms with Gasteiger partial charge in [0.05, 0.1) is 0 Å². The third kappa shape index (κ3) is 3.13. The maximum atomic E-state index is 5.54. The van der Waals surface area contributed by atoms with Crippen LogP contribution in [-0.4, -0.2) is 24.8 Å². The average Bonchev–Trinajstić information content (AvgIpc) is 3.36. The maximum absolute atomic E-state index is 5.54. The molecular formula is C21H25NO2. The standard InChI is InChI=1S/C21H25NO2/c1-15(17-6-4-3-5-7-17)22(2)19(18-9-10-18)12-16-8-11-20-21(13-16)24-14-23-20/h3-8,11,13,15,18-19H,9-10,12,14H2,1-2H3. The summed E-state index contributed by atoms with van der Waals surface area (Å²) in [7, 11) is 2.27. The fraction of sp³-hybridized carbons (Fsp3) is 0.429. The van der Waals surface area contributed by atoms with Crippen molar-refractivity contribution in [2.24, 2.45) is 5.92 Å². The first-order chi connectivity index (χ1) is 11.7. The highest BCUT2D eigenvalue weighted by Gasteiger charge is 2.35. The van der Waals surface area contributed by atoms with Gasteiger partial charge in [-0.25, -0.2) is 0 Å². The summed E-state index contributed by atoms with van der Waals surface area (Å²) in [6, 6.07) is 18.2. The quantitative estimate of drug-likeness (QED) is 0.785. The van der Waals surface area contributed by atoms with Crippen LogP contribution in [0.4, 0.5) is 0 Å². The number of ether oxygens (including phenoxy) is 2. The lowest BCUT2D eigenvalue weighted by atomic mass is 9.97. The number of benzene rings is 2. The SMILES string of the molecule is CC(c1ccccc1)N(C)C(Cc1ccc2c(c1)OCO2)C1CC1. The van der Waals surface area contributed by atoms with Crippen molar-refractivity contribution in [2.45, 2.75) is 38.3 Å². The number of hydrogen-bond acceptors (Lipinski definition) is 3. The first-order valence-electron chi connectivity index (χ1n) is 8.88. The summed E-state index contributed by atoms with van der Waals surface area (Å²) in [6.45, 7) is 2.65. The van der Waals surface area contributed by atoms with E-state index in [0.717, 1.165) is 23.8 Å². The number of hydrogen-bond donors (Lipinski definition) is 0. The Morgan fingerprint density at radius 1 is 1.04 bits per heavy atom. The van der Waals surface area contributed by atoms with Crippen LogP contribution in [-0.2, 0) is 6.42 Å². The summed E-state index contributed by atoms with van der Waals surface area (Å²) in [4.78, 5) is 2.55. The van der Waals surface area contributed by atoms with E-state index in [-0.39, 0.29) is 0 Å². The van der Waals surface area contributed by atoms with E-state index in [0.29, 0.717) is 18.9 Å². The summed E-state index contributed by atoms with van der Waals surface area (Å²) in [5.74, 6) is 2.57. The highest BCUT2D eigenvalue weighted by molar-refractivity contribution is 5.44. The largest absolute Gasteiger partial charge is 0.454 e. The Hall–Kier alpha value is -2.00. The molecule has 2 unspecified atom stereocenters. The Morgan fingerprint density at radius 3 is 2.54 bits per heavy atom. The average molecular weight is 323 g/mol. The molecule has 0 radical (unpaired) electrons. The van der Waals surface area contributed by atoms with Gasteiger partial charge in [-0.3, -0.25) is 4.90 Å². The van der Waals surface area contributed by atoms with Crippen molar-refractivity contribution in [2.75, 3.05) is 13.8 Å². The van der Waals surface area contributed by atoms with Crippen LogP contribution < -0.4 is 9.47 Å². The fourth-order valence-corrected chi connectivity index (χ4v) is 3.69. The van der Waals surface area contributed by atoms with Crippen LogP contribution in [0.1, 0.15) is 36.9 Å². The lowest BCUT2D eigenvalue weighted by Gasteiger charge is -2.34. The molecule has 1 aliphatic heterocycles. The molecule has 1 heterocycles. The van der Waals surface area contributed by atoms with Crippen molar-refractivity contribution < 1.29 is 9.47 Å². The van der Waals surface area contributed by atoms with Crippen molar-refractivity contribution in [1.29, 1.82) is 0 Å². The molecule has 0 N–H and O–H groups in total. The molecule has 1 fully saturated rings. The number of likely N-dealkylation sites (N-methyl/N-ethyl adjacent to an activating group) is 1. The summed E-state index contributed by atoms with van der Waals surface area (Å²) >= 11 is 0. The maximum Gasteiger partial charge on any atom is 0.231 e. The molecule has 126 valence electrons. The van der Waals surface area contributed by atoms with Gasteiger partial charge in [-0.05, 0) is 62.4 Å². The molecule has 24 heavy (non-hydrogen) atoms. The number of rotatable bonds is 6. The van der Waals surface area contributed by atoms with Crippen molar-refractivity contribution in [3.63, 3.8) is 0 Å². The second kappa shape index (κ2) is 6.48. The van der Waals surface area contributed by atoms with Crippen LogP contribution in [0.25, 0.3) is 0 Å². The number of nitrogens with zero attached hydrogens (tertiary/aromatic N) is 1. The Labute approximate surface area is 144 Å². The zero-order valence-electron chi connectivity index (χ0n) is 14.4. The minimum atomic E-state index is 0.343. The topological polar surface area (TPSA) is 21.7 Å². The molecule has 0 amide bonds. The summed E-state index contributed by atoms with van der Waals surface area (Å²) in [5, 5.41) is 0. The molecule has 1 saturated carbocycles. The van der Waals surface area contributed by atoms with Gasteiger partial charge in [-0.2, -0.15) is 0 Å². The van der Waals surface area contributed by atoms with Gasteiger partial charge in [0.1, 0.15) is 0 Å². The number of fused-ring (bicyclic) bond motifs is 1. The van der Waals surface area contributed by atoms with Gasteiger partial charge in [0, 0.05) is 12.1 Å². The van der Waals surface area contributed by atoms with Crippen LogP contribution in [0.2, 0.25) is 0 Å². The van der Waals surface area contributed by atoms with E-state index in [2.05, 4.69) is 61.3 Å². The van der Waals surface area contributed by atoms with E-state index >= 15 is 0 Å². The van der Waals surface area contributed by atoms with Gasteiger partial charge in [0.25, 0.3) is 0 Å². The van der Waals surface area contributed by atoms with Crippen molar-refractivity contribution in [3.8, 4) is 11.5 Å². The van der Waals surface area contributed by atoms with E-state index in [9.17, 15) is 0 Å². The minimum absolute atomic E-state index is 0.343. The normalized spacial score (nSPS) is 18.6. The molecule has 4 rings (SSSR count). The molecule has 1 aliphatic carbocycles. The highest BCUT2D eigenvalue weighted by Crippen LogP contribution is 2.40. The monoisotopic (exact) mass is 323 g/mol. The van der Waals surface area contributed by atoms with Gasteiger partial charge in [0.2, 0.25) is 6.79 Å². The molecule has 3 nitrogen and oxygen atoms in total. The Morgan fingerprint density at radius 2 is 1.79 bits per heavy atom. The second-order valence-corrected chi connectivity index (χ2v) is 7.05. The molecular weight excluding hydrogens is 298 g/mol. The van der Waals surface area contributed by atoms with Gasteiger partial charge in [-0.15, -0.1) is 0 Å². The van der Waals surface area contributed by atoms with E-state index < -0.39 is 0 Å². The van der Waals surface area contributed by atoms with Crippen LogP contribution in [0.5, 0.6) is 11.5 Å². The zero-order chi connectivity index (χ0) is 16.5. The molecule has 0 aromatic heterocycles. The first kappa shape index (κ1) is 15.5. The summed E-state index contributed by atoms with van der Waals surface area (Å²) < 4.78 is 11.0.